The van der Waals surface area contributed by atoms with Crippen molar-refractivity contribution in [3.63, 3.8) is 0 Å². The predicted octanol–water partition coefficient (Wildman–Crippen LogP) is 5.49. The van der Waals surface area contributed by atoms with Gasteiger partial charge in [-0.15, -0.1) is 34.7 Å². The number of nitrogens with zero attached hydrogens (tertiary/aromatic N) is 4. The standard InChI is InChI=1S/C26H24F4N4O4S/c1-14(35)17-10-21(32-31-13-17)16-5-3-15(4-6-16)9-23-33-34-24(39-23)12-22(36)25(37-2)19-11-18(7-8-20(19)27)38-26(28,29)30/h5,7-8,10-11,13,15,25H,3-4,6,9,12H2,1-2H3/t15?,25-/m0/s1. The number of halogens is 4. The normalized spacial score (nSPS) is 16.5. The average molecular weight is 565 g/mol. The van der Waals surface area contributed by atoms with Crippen LogP contribution < -0.4 is 4.74 Å². The number of allylic oxidation sites excluding steroid dienone is 2. The first-order chi connectivity index (χ1) is 18.5. The van der Waals surface area contributed by atoms with Crippen molar-refractivity contribution in [2.75, 3.05) is 7.11 Å². The van der Waals surface area contributed by atoms with E-state index in [1.165, 1.54) is 24.5 Å². The lowest BCUT2D eigenvalue weighted by Crippen LogP contribution is -2.20. The zero-order valence-corrected chi connectivity index (χ0v) is 21.8. The smallest absolute Gasteiger partial charge is 0.406 e. The van der Waals surface area contributed by atoms with E-state index in [2.05, 4.69) is 31.2 Å². The van der Waals surface area contributed by atoms with Gasteiger partial charge in [0.25, 0.3) is 0 Å². The first-order valence-corrected chi connectivity index (χ1v) is 12.8. The molecule has 2 aromatic heterocycles. The summed E-state index contributed by atoms with van der Waals surface area (Å²) in [4.78, 5) is 24.5. The van der Waals surface area contributed by atoms with Gasteiger partial charge in [-0.05, 0) is 61.9 Å². The monoisotopic (exact) mass is 564 g/mol. The van der Waals surface area contributed by atoms with Crippen LogP contribution in [0, 0.1) is 11.7 Å². The largest absolute Gasteiger partial charge is 0.573 e. The third-order valence-corrected chi connectivity index (χ3v) is 7.16. The number of hydrogen-bond acceptors (Lipinski definition) is 9. The van der Waals surface area contributed by atoms with E-state index in [-0.39, 0.29) is 17.8 Å². The molecule has 206 valence electrons. The maximum atomic E-state index is 14.4. The van der Waals surface area contributed by atoms with Crippen LogP contribution in [0.5, 0.6) is 5.75 Å². The third kappa shape index (κ3) is 7.51. The summed E-state index contributed by atoms with van der Waals surface area (Å²) in [5.74, 6) is -1.91. The molecule has 13 heteroatoms. The molecule has 0 amide bonds. The van der Waals surface area contributed by atoms with Gasteiger partial charge in [-0.25, -0.2) is 4.39 Å². The fourth-order valence-corrected chi connectivity index (χ4v) is 5.27. The van der Waals surface area contributed by atoms with Gasteiger partial charge < -0.3 is 9.47 Å². The zero-order valence-electron chi connectivity index (χ0n) is 21.0. The summed E-state index contributed by atoms with van der Waals surface area (Å²) in [7, 11) is 1.16. The topological polar surface area (TPSA) is 104 Å². The van der Waals surface area contributed by atoms with E-state index in [9.17, 15) is 27.2 Å². The van der Waals surface area contributed by atoms with Crippen LogP contribution in [-0.2, 0) is 22.4 Å². The third-order valence-electron chi connectivity index (χ3n) is 6.22. The minimum absolute atomic E-state index is 0.0723. The molecule has 1 aliphatic rings. The Morgan fingerprint density at radius 2 is 1.92 bits per heavy atom. The van der Waals surface area contributed by atoms with Gasteiger partial charge in [0, 0.05) is 24.7 Å². The molecule has 1 unspecified atom stereocenters. The van der Waals surface area contributed by atoms with Gasteiger partial charge in [-0.3, -0.25) is 9.59 Å². The number of benzene rings is 1. The van der Waals surface area contributed by atoms with Gasteiger partial charge in [0.2, 0.25) is 0 Å². The summed E-state index contributed by atoms with van der Waals surface area (Å²) >= 11 is 1.25. The molecule has 1 aromatic carbocycles. The lowest BCUT2D eigenvalue weighted by atomic mass is 9.86. The highest BCUT2D eigenvalue weighted by molar-refractivity contribution is 7.11. The lowest BCUT2D eigenvalue weighted by molar-refractivity contribution is -0.274. The summed E-state index contributed by atoms with van der Waals surface area (Å²) in [6, 6.07) is 4.15. The first-order valence-electron chi connectivity index (χ1n) is 12.0. The van der Waals surface area contributed by atoms with Crippen LogP contribution in [0.15, 0.2) is 36.5 Å². The van der Waals surface area contributed by atoms with Crippen molar-refractivity contribution in [1.29, 1.82) is 0 Å². The second kappa shape index (κ2) is 12.1. The van der Waals surface area contributed by atoms with E-state index in [1.54, 1.807) is 6.07 Å². The molecule has 2 atom stereocenters. The highest BCUT2D eigenvalue weighted by atomic mass is 32.1. The fourth-order valence-electron chi connectivity index (χ4n) is 4.31. The fraction of sp³-hybridized carbons (Fsp3) is 0.385. The van der Waals surface area contributed by atoms with Gasteiger partial charge in [0.1, 0.15) is 27.7 Å². The molecule has 0 radical (unpaired) electrons. The van der Waals surface area contributed by atoms with Crippen molar-refractivity contribution >= 4 is 28.5 Å². The van der Waals surface area contributed by atoms with E-state index in [0.717, 1.165) is 55.2 Å². The number of carbonyl (C=O) groups excluding carboxylic acids is 2. The number of rotatable bonds is 10. The minimum atomic E-state index is -4.96. The molecular formula is C26H24F4N4O4S. The Morgan fingerprint density at radius 3 is 2.59 bits per heavy atom. The Balaban J connectivity index is 1.37. The van der Waals surface area contributed by atoms with Crippen LogP contribution in [-0.4, -0.2) is 45.4 Å². The van der Waals surface area contributed by atoms with Crippen LogP contribution in [0.2, 0.25) is 0 Å². The number of carbonyl (C=O) groups is 2. The van der Waals surface area contributed by atoms with Crippen LogP contribution in [0.3, 0.4) is 0 Å². The van der Waals surface area contributed by atoms with Crippen LogP contribution in [0.4, 0.5) is 17.6 Å². The van der Waals surface area contributed by atoms with E-state index < -0.39 is 29.8 Å². The molecule has 4 rings (SSSR count). The van der Waals surface area contributed by atoms with Gasteiger partial charge in [-0.2, -0.15) is 10.2 Å². The molecule has 1 aliphatic carbocycles. The molecular weight excluding hydrogens is 540 g/mol. The second-order valence-electron chi connectivity index (χ2n) is 9.04. The van der Waals surface area contributed by atoms with Crippen molar-refractivity contribution in [1.82, 2.24) is 20.4 Å². The van der Waals surface area contributed by atoms with Crippen molar-refractivity contribution in [2.24, 2.45) is 5.92 Å². The predicted molar refractivity (Wildman–Crippen MR) is 133 cm³/mol. The highest BCUT2D eigenvalue weighted by Crippen LogP contribution is 2.33. The maximum absolute atomic E-state index is 14.4. The molecule has 39 heavy (non-hydrogen) atoms. The molecule has 0 bridgehead atoms. The van der Waals surface area contributed by atoms with Gasteiger partial charge >= 0.3 is 6.36 Å². The minimum Gasteiger partial charge on any atom is -0.406 e. The number of ether oxygens (including phenoxy) is 2. The number of hydrogen-bond donors (Lipinski definition) is 0. The SMILES string of the molecule is CO[C@H](C(=O)Cc1nnc(CC2CC=C(c3cc(C(C)=O)cnn3)CC2)s1)c1cc(OC(F)(F)F)ccc1F. The number of methoxy groups -OCH3 is 1. The second-order valence-corrected chi connectivity index (χ2v) is 10.2. The first kappa shape index (κ1) is 28.4. The Morgan fingerprint density at radius 1 is 1.15 bits per heavy atom. The van der Waals surface area contributed by atoms with Crippen molar-refractivity contribution in [2.45, 2.75) is 51.5 Å². The lowest BCUT2D eigenvalue weighted by Gasteiger charge is -2.20. The summed E-state index contributed by atoms with van der Waals surface area (Å²) in [6.45, 7) is 1.48. The van der Waals surface area contributed by atoms with E-state index >= 15 is 0 Å². The molecule has 3 aromatic rings. The van der Waals surface area contributed by atoms with Crippen molar-refractivity contribution < 1.29 is 36.6 Å². The summed E-state index contributed by atoms with van der Waals surface area (Å²) in [5.41, 5.74) is 1.88. The Labute approximate surface area is 225 Å². The van der Waals surface area contributed by atoms with Gasteiger partial charge in [0.15, 0.2) is 11.6 Å². The number of alkyl halides is 3. The van der Waals surface area contributed by atoms with E-state index in [0.29, 0.717) is 28.6 Å². The molecule has 0 N–H and O–H groups in total. The number of Topliss-reactive ketones (excluding diaryl/α,β-unsaturated/α-hetero) is 2. The number of ketones is 2. The molecule has 8 nitrogen and oxygen atoms in total. The zero-order chi connectivity index (χ0) is 28.2. The molecule has 0 aliphatic heterocycles. The summed E-state index contributed by atoms with van der Waals surface area (Å²) in [5, 5.41) is 17.4. The van der Waals surface area contributed by atoms with Gasteiger partial charge in [0.05, 0.1) is 18.3 Å². The van der Waals surface area contributed by atoms with Crippen LogP contribution >= 0.6 is 11.3 Å². The Hall–Kier alpha value is -3.58. The molecule has 0 saturated carbocycles. The highest BCUT2D eigenvalue weighted by Gasteiger charge is 2.32. The molecule has 0 saturated heterocycles. The Bertz CT molecular complexity index is 1390. The maximum Gasteiger partial charge on any atom is 0.573 e. The quantitative estimate of drug-likeness (QED) is 0.235. The van der Waals surface area contributed by atoms with E-state index in [1.807, 2.05) is 0 Å². The molecule has 0 fully saturated rings. The van der Waals surface area contributed by atoms with Gasteiger partial charge in [-0.1, -0.05) is 6.08 Å². The Kier molecular flexibility index (Phi) is 8.80. The summed E-state index contributed by atoms with van der Waals surface area (Å²) < 4.78 is 61.0. The van der Waals surface area contributed by atoms with E-state index in [4.69, 9.17) is 4.74 Å². The van der Waals surface area contributed by atoms with Crippen molar-refractivity contribution in [3.8, 4) is 5.75 Å². The number of aromatic nitrogens is 4. The van der Waals surface area contributed by atoms with Crippen LogP contribution in [0.1, 0.15) is 63.9 Å². The van der Waals surface area contributed by atoms with Crippen LogP contribution in [0.25, 0.3) is 5.57 Å². The summed E-state index contributed by atoms with van der Waals surface area (Å²) in [6.07, 6.45) is -0.0431. The average Bonchev–Trinajstić information content (AvgIpc) is 3.32. The molecule has 2 heterocycles. The van der Waals surface area contributed by atoms with Crippen molar-refractivity contribution in [3.05, 3.63) is 69.2 Å². The molecule has 0 spiro atoms.